The first kappa shape index (κ1) is 17.9. The molecule has 0 saturated carbocycles. The molecule has 0 aliphatic carbocycles. The maximum atomic E-state index is 10.2. The van der Waals surface area contributed by atoms with Gasteiger partial charge in [0.2, 0.25) is 0 Å². The summed E-state index contributed by atoms with van der Waals surface area (Å²) >= 11 is 0. The van der Waals surface area contributed by atoms with Crippen LogP contribution in [0.15, 0.2) is 0 Å². The number of hydroxylamine groups is 2. The topological polar surface area (TPSA) is 45.2 Å². The molecule has 1 heterocycles. The highest BCUT2D eigenvalue weighted by molar-refractivity contribution is 4.96. The Bertz CT molecular complexity index is 275. The number of nitrogens with zero attached hydrogens (tertiary/aromatic N) is 2. The highest BCUT2D eigenvalue weighted by Gasteiger charge is 2.45. The first-order valence-electron chi connectivity index (χ1n) is 7.48. The number of piperidine rings is 1. The van der Waals surface area contributed by atoms with Gasteiger partial charge in [-0.3, -0.25) is 0 Å². The van der Waals surface area contributed by atoms with Crippen LogP contribution in [0.2, 0.25) is 0 Å². The fraction of sp³-hybridized carbons (Fsp3) is 1.00. The fourth-order valence-electron chi connectivity index (χ4n) is 2.92. The summed E-state index contributed by atoms with van der Waals surface area (Å²) in [7, 11) is 4.07. The molecule has 20 heavy (non-hydrogen) atoms. The third-order valence-corrected chi connectivity index (χ3v) is 3.87. The Morgan fingerprint density at radius 2 is 1.60 bits per heavy atom. The predicted molar refractivity (Wildman–Crippen MR) is 80.1 cm³/mol. The fourth-order valence-corrected chi connectivity index (χ4v) is 2.92. The number of likely N-dealkylation sites (N-methyl/N-ethyl adjacent to an activating group) is 1. The minimum Gasteiger partial charge on any atom is -0.378 e. The molecule has 0 spiro atoms. The molecule has 120 valence electrons. The van der Waals surface area contributed by atoms with Crippen molar-refractivity contribution < 1.29 is 14.7 Å². The van der Waals surface area contributed by atoms with Gasteiger partial charge >= 0.3 is 0 Å². The van der Waals surface area contributed by atoms with Crippen LogP contribution >= 0.6 is 0 Å². The second-order valence-electron chi connectivity index (χ2n) is 7.25. The van der Waals surface area contributed by atoms with E-state index in [2.05, 4.69) is 32.6 Å². The maximum absolute atomic E-state index is 10.2. The van der Waals surface area contributed by atoms with Gasteiger partial charge in [0.15, 0.2) is 0 Å². The van der Waals surface area contributed by atoms with Crippen molar-refractivity contribution in [1.82, 2.24) is 9.96 Å². The zero-order valence-electron chi connectivity index (χ0n) is 14.0. The summed E-state index contributed by atoms with van der Waals surface area (Å²) in [6.45, 7) is 11.1. The van der Waals surface area contributed by atoms with Crippen molar-refractivity contribution in [1.29, 1.82) is 0 Å². The molecule has 0 aromatic heterocycles. The van der Waals surface area contributed by atoms with E-state index in [1.165, 1.54) is 5.06 Å². The largest absolute Gasteiger partial charge is 0.378 e. The summed E-state index contributed by atoms with van der Waals surface area (Å²) in [5.74, 6) is 0. The van der Waals surface area contributed by atoms with Gasteiger partial charge in [-0.1, -0.05) is 0 Å². The lowest BCUT2D eigenvalue weighted by atomic mass is 9.80. The van der Waals surface area contributed by atoms with Gasteiger partial charge in [0.05, 0.1) is 25.9 Å². The molecule has 1 saturated heterocycles. The lowest BCUT2D eigenvalue weighted by Crippen LogP contribution is -2.60. The van der Waals surface area contributed by atoms with E-state index in [0.717, 1.165) is 26.0 Å². The van der Waals surface area contributed by atoms with Gasteiger partial charge in [-0.15, -0.1) is 0 Å². The van der Waals surface area contributed by atoms with Crippen molar-refractivity contribution in [2.24, 2.45) is 0 Å². The van der Waals surface area contributed by atoms with Crippen LogP contribution in [0.1, 0.15) is 40.5 Å². The van der Waals surface area contributed by atoms with Crippen LogP contribution in [-0.2, 0) is 9.47 Å². The summed E-state index contributed by atoms with van der Waals surface area (Å²) in [5, 5.41) is 11.7. The summed E-state index contributed by atoms with van der Waals surface area (Å²) < 4.78 is 11.5. The molecule has 0 aromatic carbocycles. The molecule has 0 bridgehead atoms. The van der Waals surface area contributed by atoms with Crippen molar-refractivity contribution >= 4 is 0 Å². The summed E-state index contributed by atoms with van der Waals surface area (Å²) in [6, 6.07) is 0. The third-order valence-electron chi connectivity index (χ3n) is 3.87. The normalized spacial score (nSPS) is 23.4. The molecular weight excluding hydrogens is 256 g/mol. The van der Waals surface area contributed by atoms with E-state index in [4.69, 9.17) is 9.47 Å². The average molecular weight is 288 g/mol. The Morgan fingerprint density at radius 1 is 1.05 bits per heavy atom. The van der Waals surface area contributed by atoms with Crippen LogP contribution in [0.25, 0.3) is 0 Å². The maximum Gasteiger partial charge on any atom is 0.0704 e. The molecule has 0 atom stereocenters. The van der Waals surface area contributed by atoms with Crippen LogP contribution in [0.3, 0.4) is 0 Å². The summed E-state index contributed by atoms with van der Waals surface area (Å²) in [6.07, 6.45) is 1.86. The van der Waals surface area contributed by atoms with Crippen molar-refractivity contribution in [3.8, 4) is 0 Å². The average Bonchev–Trinajstić information content (AvgIpc) is 2.29. The Morgan fingerprint density at radius 3 is 2.10 bits per heavy atom. The van der Waals surface area contributed by atoms with Gasteiger partial charge < -0.3 is 19.6 Å². The van der Waals surface area contributed by atoms with Gasteiger partial charge in [-0.2, -0.15) is 5.06 Å². The minimum absolute atomic E-state index is 0.181. The molecular formula is C15H32N2O3. The highest BCUT2D eigenvalue weighted by Crippen LogP contribution is 2.37. The lowest BCUT2D eigenvalue weighted by Gasteiger charge is -2.51. The van der Waals surface area contributed by atoms with Crippen molar-refractivity contribution in [2.45, 2.75) is 57.7 Å². The first-order valence-corrected chi connectivity index (χ1v) is 7.48. The van der Waals surface area contributed by atoms with Crippen LogP contribution < -0.4 is 0 Å². The van der Waals surface area contributed by atoms with Crippen LogP contribution in [0.4, 0.5) is 0 Å². The monoisotopic (exact) mass is 288 g/mol. The standard InChI is InChI=1S/C15H32N2O3/c1-14(2)11-13(12-15(3,4)17(14)18)20-10-9-19-8-7-16(5)6/h13,18H,7-12H2,1-6H3. The zero-order valence-corrected chi connectivity index (χ0v) is 14.0. The van der Waals surface area contributed by atoms with Gasteiger partial charge in [0.1, 0.15) is 0 Å². The van der Waals surface area contributed by atoms with Crippen LogP contribution in [-0.4, -0.2) is 72.8 Å². The van der Waals surface area contributed by atoms with Gasteiger partial charge in [0.25, 0.3) is 0 Å². The Balaban J connectivity index is 2.27. The summed E-state index contributed by atoms with van der Waals surface area (Å²) in [5.41, 5.74) is -0.504. The molecule has 1 rings (SSSR count). The van der Waals surface area contributed by atoms with E-state index in [1.54, 1.807) is 0 Å². The quantitative estimate of drug-likeness (QED) is 0.726. The van der Waals surface area contributed by atoms with Crippen LogP contribution in [0, 0.1) is 0 Å². The van der Waals surface area contributed by atoms with E-state index in [0.29, 0.717) is 13.2 Å². The second-order valence-corrected chi connectivity index (χ2v) is 7.25. The second kappa shape index (κ2) is 7.18. The van der Waals surface area contributed by atoms with Gasteiger partial charge in [-0.25, -0.2) is 0 Å². The molecule has 5 heteroatoms. The van der Waals surface area contributed by atoms with E-state index in [1.807, 2.05) is 14.1 Å². The zero-order chi connectivity index (χ0) is 15.4. The molecule has 5 nitrogen and oxygen atoms in total. The third kappa shape index (κ3) is 5.30. The van der Waals surface area contributed by atoms with E-state index >= 15 is 0 Å². The predicted octanol–water partition coefficient (Wildman–Crippen LogP) is 1.99. The molecule has 0 amide bonds. The molecule has 1 aliphatic rings. The number of hydrogen-bond acceptors (Lipinski definition) is 5. The molecule has 1 fully saturated rings. The number of ether oxygens (including phenoxy) is 2. The van der Waals surface area contributed by atoms with Gasteiger partial charge in [-0.05, 0) is 54.6 Å². The van der Waals surface area contributed by atoms with Gasteiger partial charge in [0, 0.05) is 17.6 Å². The minimum atomic E-state index is -0.252. The molecule has 1 aliphatic heterocycles. The first-order chi connectivity index (χ1) is 9.15. The SMILES string of the molecule is CN(C)CCOCCOC1CC(C)(C)N(O)C(C)(C)C1. The van der Waals surface area contributed by atoms with Crippen molar-refractivity contribution in [2.75, 3.05) is 40.5 Å². The molecule has 1 N–H and O–H groups in total. The smallest absolute Gasteiger partial charge is 0.0704 e. The Kier molecular flexibility index (Phi) is 6.41. The Labute approximate surface area is 123 Å². The van der Waals surface area contributed by atoms with E-state index in [9.17, 15) is 5.21 Å². The van der Waals surface area contributed by atoms with Crippen LogP contribution in [0.5, 0.6) is 0 Å². The van der Waals surface area contributed by atoms with E-state index < -0.39 is 0 Å². The van der Waals surface area contributed by atoms with Crippen molar-refractivity contribution in [3.63, 3.8) is 0 Å². The summed E-state index contributed by atoms with van der Waals surface area (Å²) in [4.78, 5) is 2.10. The number of hydrogen-bond donors (Lipinski definition) is 1. The molecule has 0 unspecified atom stereocenters. The molecule has 0 radical (unpaired) electrons. The van der Waals surface area contributed by atoms with E-state index in [-0.39, 0.29) is 17.2 Å². The Hall–Kier alpha value is -0.200. The lowest BCUT2D eigenvalue weighted by molar-refractivity contribution is -0.261. The number of rotatable bonds is 7. The highest BCUT2D eigenvalue weighted by atomic mass is 16.5. The molecule has 0 aromatic rings. The van der Waals surface area contributed by atoms with Crippen molar-refractivity contribution in [3.05, 3.63) is 0 Å².